The molecule has 2 unspecified atom stereocenters. The van der Waals surface area contributed by atoms with Gasteiger partial charge in [0, 0.05) is 0 Å². The molecule has 0 fully saturated rings. The number of carbonyl (C=O) groups excluding carboxylic acids is 1. The topological polar surface area (TPSA) is 104 Å². The zero-order chi connectivity index (χ0) is 14.4. The van der Waals surface area contributed by atoms with Crippen molar-refractivity contribution < 1.29 is 29.6 Å². The van der Waals surface area contributed by atoms with Crippen LogP contribution in [0.25, 0.3) is 0 Å². The summed E-state index contributed by atoms with van der Waals surface area (Å²) in [6.07, 6.45) is -2.81. The molecule has 104 valence electrons. The lowest BCUT2D eigenvalue weighted by Crippen LogP contribution is -2.21. The minimum atomic E-state index is -1.44. The van der Waals surface area contributed by atoms with E-state index in [1.54, 1.807) is 6.92 Å². The Kier molecular flexibility index (Phi) is 5.47. The Labute approximate surface area is 110 Å². The number of ether oxygens (including phenoxy) is 1. The van der Waals surface area contributed by atoms with Crippen LogP contribution in [0.3, 0.4) is 0 Å². The number of hydrogen-bond donors (Lipinski definition) is 3. The van der Waals surface area contributed by atoms with Crippen LogP contribution in [0.1, 0.15) is 35.4 Å². The number of aldehydes is 1. The summed E-state index contributed by atoms with van der Waals surface area (Å²) >= 11 is 0. The summed E-state index contributed by atoms with van der Waals surface area (Å²) in [7, 11) is 0. The summed E-state index contributed by atoms with van der Waals surface area (Å²) in [6.45, 7) is 2.17. The van der Waals surface area contributed by atoms with Crippen molar-refractivity contribution in [1.82, 2.24) is 0 Å². The number of aliphatic hydroxyl groups excluding tert-OH is 2. The molecule has 1 aromatic carbocycles. The highest BCUT2D eigenvalue weighted by Crippen LogP contribution is 2.25. The van der Waals surface area contributed by atoms with Crippen molar-refractivity contribution in [3.05, 3.63) is 29.3 Å². The number of rotatable bonds is 7. The molecular weight excluding hydrogens is 252 g/mol. The van der Waals surface area contributed by atoms with E-state index in [0.717, 1.165) is 0 Å². The van der Waals surface area contributed by atoms with Gasteiger partial charge in [-0.3, -0.25) is 9.59 Å². The van der Waals surface area contributed by atoms with E-state index in [-0.39, 0.29) is 11.1 Å². The summed E-state index contributed by atoms with van der Waals surface area (Å²) in [4.78, 5) is 21.4. The minimum Gasteiger partial charge on any atom is -0.493 e. The average molecular weight is 268 g/mol. The fourth-order valence-electron chi connectivity index (χ4n) is 1.64. The van der Waals surface area contributed by atoms with Gasteiger partial charge in [0.25, 0.3) is 0 Å². The smallest absolute Gasteiger partial charge is 0.306 e. The van der Waals surface area contributed by atoms with Crippen LogP contribution in [-0.2, 0) is 4.79 Å². The highest BCUT2D eigenvalue weighted by Gasteiger charge is 2.22. The van der Waals surface area contributed by atoms with E-state index >= 15 is 0 Å². The average Bonchev–Trinajstić information content (AvgIpc) is 2.37. The second-order valence-electron chi connectivity index (χ2n) is 3.96. The van der Waals surface area contributed by atoms with Gasteiger partial charge in [-0.2, -0.15) is 0 Å². The summed E-state index contributed by atoms with van der Waals surface area (Å²) < 4.78 is 5.22. The number of benzene rings is 1. The number of aliphatic hydroxyl groups is 2. The van der Waals surface area contributed by atoms with E-state index in [0.29, 0.717) is 18.6 Å². The summed E-state index contributed by atoms with van der Waals surface area (Å²) in [5, 5.41) is 27.9. The molecule has 0 saturated carbocycles. The largest absolute Gasteiger partial charge is 0.493 e. The molecule has 1 aromatic rings. The Morgan fingerprint density at radius 2 is 2.11 bits per heavy atom. The fourth-order valence-corrected chi connectivity index (χ4v) is 1.64. The van der Waals surface area contributed by atoms with Crippen LogP contribution >= 0.6 is 0 Å². The second kappa shape index (κ2) is 6.86. The number of carboxylic acid groups (broad SMARTS) is 1. The predicted octanol–water partition coefficient (Wildman–Crippen LogP) is 0.767. The zero-order valence-corrected chi connectivity index (χ0v) is 10.4. The predicted molar refractivity (Wildman–Crippen MR) is 66.2 cm³/mol. The second-order valence-corrected chi connectivity index (χ2v) is 3.96. The first-order valence-corrected chi connectivity index (χ1v) is 5.79. The van der Waals surface area contributed by atoms with Crippen LogP contribution in [0.4, 0.5) is 0 Å². The van der Waals surface area contributed by atoms with Crippen molar-refractivity contribution in [2.24, 2.45) is 0 Å². The molecule has 0 radical (unpaired) electrons. The highest BCUT2D eigenvalue weighted by atomic mass is 16.5. The van der Waals surface area contributed by atoms with Gasteiger partial charge in [0.1, 0.15) is 11.9 Å². The quantitative estimate of drug-likeness (QED) is 0.631. The third-order valence-electron chi connectivity index (χ3n) is 2.55. The van der Waals surface area contributed by atoms with Crippen molar-refractivity contribution in [3.63, 3.8) is 0 Å². The van der Waals surface area contributed by atoms with Crippen molar-refractivity contribution >= 4 is 12.3 Å². The lowest BCUT2D eigenvalue weighted by Gasteiger charge is -2.17. The van der Waals surface area contributed by atoms with Crippen LogP contribution in [0.15, 0.2) is 18.2 Å². The molecule has 19 heavy (non-hydrogen) atoms. The molecule has 2 atom stereocenters. The Hall–Kier alpha value is -1.92. The van der Waals surface area contributed by atoms with Gasteiger partial charge in [-0.25, -0.2) is 0 Å². The summed E-state index contributed by atoms with van der Waals surface area (Å²) in [5.41, 5.74) is 0.500. The number of aliphatic carboxylic acids is 1. The SMILES string of the molecule is CCOc1ccc(C(O)C(O)CC(=O)O)cc1C=O. The van der Waals surface area contributed by atoms with Crippen molar-refractivity contribution in [3.8, 4) is 5.75 Å². The van der Waals surface area contributed by atoms with Gasteiger partial charge in [-0.15, -0.1) is 0 Å². The van der Waals surface area contributed by atoms with Crippen LogP contribution < -0.4 is 4.74 Å². The molecule has 6 heteroatoms. The number of carbonyl (C=O) groups is 2. The van der Waals surface area contributed by atoms with E-state index in [1.807, 2.05) is 0 Å². The minimum absolute atomic E-state index is 0.237. The van der Waals surface area contributed by atoms with Gasteiger partial charge in [0.2, 0.25) is 0 Å². The molecule has 0 amide bonds. The molecule has 1 rings (SSSR count). The molecule has 6 nitrogen and oxygen atoms in total. The highest BCUT2D eigenvalue weighted by molar-refractivity contribution is 5.79. The normalized spacial score (nSPS) is 13.6. The van der Waals surface area contributed by atoms with Gasteiger partial charge in [0.05, 0.1) is 24.7 Å². The van der Waals surface area contributed by atoms with Gasteiger partial charge in [-0.05, 0) is 24.6 Å². The van der Waals surface area contributed by atoms with Gasteiger partial charge in [0.15, 0.2) is 6.29 Å². The van der Waals surface area contributed by atoms with Gasteiger partial charge in [-0.1, -0.05) is 6.07 Å². The zero-order valence-electron chi connectivity index (χ0n) is 10.4. The van der Waals surface area contributed by atoms with E-state index < -0.39 is 24.6 Å². The van der Waals surface area contributed by atoms with Crippen LogP contribution in [-0.4, -0.2) is 40.3 Å². The Bertz CT molecular complexity index is 456. The Morgan fingerprint density at radius 1 is 1.42 bits per heavy atom. The lowest BCUT2D eigenvalue weighted by molar-refractivity contribution is -0.141. The maximum atomic E-state index is 10.9. The van der Waals surface area contributed by atoms with E-state index in [2.05, 4.69) is 0 Å². The van der Waals surface area contributed by atoms with Crippen molar-refractivity contribution in [2.75, 3.05) is 6.61 Å². The molecule has 3 N–H and O–H groups in total. The monoisotopic (exact) mass is 268 g/mol. The Morgan fingerprint density at radius 3 is 2.63 bits per heavy atom. The summed E-state index contributed by atoms with van der Waals surface area (Å²) in [6, 6.07) is 4.35. The van der Waals surface area contributed by atoms with Crippen LogP contribution in [0.2, 0.25) is 0 Å². The molecule has 0 aliphatic rings. The molecule has 0 heterocycles. The molecule has 0 aromatic heterocycles. The maximum Gasteiger partial charge on any atom is 0.306 e. The van der Waals surface area contributed by atoms with Crippen LogP contribution in [0, 0.1) is 0 Å². The van der Waals surface area contributed by atoms with Crippen molar-refractivity contribution in [1.29, 1.82) is 0 Å². The first kappa shape index (κ1) is 15.1. The maximum absolute atomic E-state index is 10.9. The lowest BCUT2D eigenvalue weighted by atomic mass is 10.00. The molecule has 0 aliphatic heterocycles. The molecule has 0 bridgehead atoms. The Balaban J connectivity index is 2.94. The van der Waals surface area contributed by atoms with Crippen molar-refractivity contribution in [2.45, 2.75) is 25.6 Å². The van der Waals surface area contributed by atoms with E-state index in [9.17, 15) is 19.8 Å². The fraction of sp³-hybridized carbons (Fsp3) is 0.385. The van der Waals surface area contributed by atoms with Gasteiger partial charge >= 0.3 is 5.97 Å². The van der Waals surface area contributed by atoms with Gasteiger partial charge < -0.3 is 20.1 Å². The molecule has 0 spiro atoms. The number of carboxylic acids is 1. The van der Waals surface area contributed by atoms with Crippen LogP contribution in [0.5, 0.6) is 5.75 Å². The van der Waals surface area contributed by atoms with E-state index in [1.165, 1.54) is 18.2 Å². The molecule has 0 saturated heterocycles. The third kappa shape index (κ3) is 4.04. The first-order valence-electron chi connectivity index (χ1n) is 5.79. The molecule has 0 aliphatic carbocycles. The third-order valence-corrected chi connectivity index (χ3v) is 2.55. The molecular formula is C13H16O6. The summed E-state index contributed by atoms with van der Waals surface area (Å²) in [5.74, 6) is -0.839. The standard InChI is InChI=1S/C13H16O6/c1-2-19-11-4-3-8(5-9(11)7-14)13(18)10(15)6-12(16)17/h3-5,7,10,13,15,18H,2,6H2,1H3,(H,16,17). The first-order chi connectivity index (χ1) is 8.99. The van der Waals surface area contributed by atoms with E-state index in [4.69, 9.17) is 9.84 Å². The number of hydrogen-bond acceptors (Lipinski definition) is 5.